The Morgan fingerprint density at radius 2 is 1.72 bits per heavy atom. The molecule has 0 aliphatic carbocycles. The first-order valence-corrected chi connectivity index (χ1v) is 19.1. The van der Waals surface area contributed by atoms with Crippen LogP contribution in [0.15, 0.2) is 59.3 Å². The van der Waals surface area contributed by atoms with Gasteiger partial charge in [-0.3, -0.25) is 19.4 Å². The maximum Gasteiger partial charge on any atom is 0.410 e. The zero-order valence-corrected chi connectivity index (χ0v) is 33.3. The molecular formula is C42H61FN4O7. The van der Waals surface area contributed by atoms with Crippen molar-refractivity contribution in [3.05, 3.63) is 59.8 Å². The minimum Gasteiger partial charge on any atom is -0.491 e. The summed E-state index contributed by atoms with van der Waals surface area (Å²) in [5.74, 6) is -0.207. The fourth-order valence-electron chi connectivity index (χ4n) is 6.22. The number of carbonyl (C=O) groups excluding carboxylic acids is 4. The summed E-state index contributed by atoms with van der Waals surface area (Å²) in [4.78, 5) is 60.1. The first-order valence-electron chi connectivity index (χ1n) is 19.1. The van der Waals surface area contributed by atoms with Gasteiger partial charge in [-0.2, -0.15) is 0 Å². The second-order valence-electron chi connectivity index (χ2n) is 16.1. The summed E-state index contributed by atoms with van der Waals surface area (Å²) in [5, 5.41) is 3.00. The van der Waals surface area contributed by atoms with Crippen LogP contribution < -0.4 is 10.1 Å². The monoisotopic (exact) mass is 752 g/mol. The van der Waals surface area contributed by atoms with Crippen LogP contribution in [0.1, 0.15) is 99.0 Å². The van der Waals surface area contributed by atoms with Crippen molar-refractivity contribution < 1.29 is 37.8 Å². The van der Waals surface area contributed by atoms with Gasteiger partial charge in [0, 0.05) is 45.0 Å². The van der Waals surface area contributed by atoms with Gasteiger partial charge in [0.25, 0.3) is 0 Å². The van der Waals surface area contributed by atoms with E-state index < -0.39 is 35.8 Å². The Kier molecular flexibility index (Phi) is 16.9. The quantitative estimate of drug-likeness (QED) is 0.112. The number of esters is 1. The zero-order valence-electron chi connectivity index (χ0n) is 33.3. The molecule has 2 saturated heterocycles. The molecule has 2 aliphatic heterocycles. The predicted octanol–water partition coefficient (Wildman–Crippen LogP) is 7.46. The third-order valence-corrected chi connectivity index (χ3v) is 8.99. The third-order valence-electron chi connectivity index (χ3n) is 8.99. The molecule has 11 nitrogen and oxygen atoms in total. The van der Waals surface area contributed by atoms with Gasteiger partial charge in [0.05, 0.1) is 18.4 Å². The van der Waals surface area contributed by atoms with E-state index in [1.54, 1.807) is 42.8 Å². The van der Waals surface area contributed by atoms with Crippen LogP contribution in [-0.2, 0) is 23.9 Å². The number of amides is 3. The summed E-state index contributed by atoms with van der Waals surface area (Å²) >= 11 is 0. The Morgan fingerprint density at radius 1 is 1.02 bits per heavy atom. The van der Waals surface area contributed by atoms with Gasteiger partial charge in [0.2, 0.25) is 11.8 Å². The van der Waals surface area contributed by atoms with Crippen LogP contribution in [-0.4, -0.2) is 96.6 Å². The molecule has 0 spiro atoms. The topological polar surface area (TPSA) is 127 Å². The van der Waals surface area contributed by atoms with Crippen LogP contribution in [0.3, 0.4) is 0 Å². The van der Waals surface area contributed by atoms with Crippen molar-refractivity contribution in [3.8, 4) is 5.75 Å². The summed E-state index contributed by atoms with van der Waals surface area (Å²) in [7, 11) is 0. The van der Waals surface area contributed by atoms with Crippen LogP contribution >= 0.6 is 0 Å². The summed E-state index contributed by atoms with van der Waals surface area (Å²) < 4.78 is 28.9. The SMILES string of the molecule is C=C(C=N/C=C(C)/C=C/c1cccc(OCCF)c1)[C@H](CC(=O)OC(C)(C)C)NC(=O)[C@@H]1CCCN(C(=O)CCC2CCN(C(=O)OC(C)(C)C)CC2)C1. The minimum atomic E-state index is -0.759. The number of halogens is 1. The van der Waals surface area contributed by atoms with Crippen LogP contribution in [0, 0.1) is 11.8 Å². The molecule has 3 rings (SSSR count). The van der Waals surface area contributed by atoms with Crippen LogP contribution in [0.4, 0.5) is 9.18 Å². The molecule has 12 heteroatoms. The van der Waals surface area contributed by atoms with Gasteiger partial charge in [-0.1, -0.05) is 30.9 Å². The molecule has 2 aliphatic rings. The predicted molar refractivity (Wildman–Crippen MR) is 210 cm³/mol. The van der Waals surface area contributed by atoms with Crippen molar-refractivity contribution in [3.63, 3.8) is 0 Å². The van der Waals surface area contributed by atoms with Crippen LogP contribution in [0.5, 0.6) is 5.75 Å². The highest BCUT2D eigenvalue weighted by molar-refractivity contribution is 5.87. The zero-order chi connectivity index (χ0) is 39.9. The van der Waals surface area contributed by atoms with E-state index in [1.165, 1.54) is 6.21 Å². The Hall–Kier alpha value is -4.48. The molecule has 54 heavy (non-hydrogen) atoms. The molecule has 298 valence electrons. The normalized spacial score (nSPS) is 18.1. The number of rotatable bonds is 15. The molecule has 0 bridgehead atoms. The number of alkyl halides is 1. The van der Waals surface area contributed by atoms with Crippen molar-refractivity contribution in [2.24, 2.45) is 16.8 Å². The van der Waals surface area contributed by atoms with Crippen LogP contribution in [0.25, 0.3) is 6.08 Å². The molecule has 2 fully saturated rings. The van der Waals surface area contributed by atoms with Crippen molar-refractivity contribution in [1.82, 2.24) is 15.1 Å². The minimum absolute atomic E-state index is 0.000294. The van der Waals surface area contributed by atoms with E-state index in [9.17, 15) is 23.6 Å². The molecule has 0 unspecified atom stereocenters. The molecule has 0 radical (unpaired) electrons. The number of ether oxygens (including phenoxy) is 3. The highest BCUT2D eigenvalue weighted by Crippen LogP contribution is 2.25. The largest absolute Gasteiger partial charge is 0.491 e. The number of nitrogens with zero attached hydrogens (tertiary/aromatic N) is 3. The summed E-state index contributed by atoms with van der Waals surface area (Å²) in [5.41, 5.74) is 0.909. The molecule has 1 aromatic carbocycles. The van der Waals surface area contributed by atoms with Crippen LogP contribution in [0.2, 0.25) is 0 Å². The molecule has 0 saturated carbocycles. The van der Waals surface area contributed by atoms with E-state index in [4.69, 9.17) is 14.2 Å². The summed E-state index contributed by atoms with van der Waals surface area (Å²) in [6.07, 6.45) is 10.6. The Balaban J connectivity index is 1.57. The average Bonchev–Trinajstić information content (AvgIpc) is 3.10. The van der Waals surface area contributed by atoms with Crippen molar-refractivity contribution in [2.45, 2.75) is 111 Å². The lowest BCUT2D eigenvalue weighted by molar-refractivity contribution is -0.155. The summed E-state index contributed by atoms with van der Waals surface area (Å²) in [6.45, 7) is 18.5. The average molecular weight is 753 g/mol. The van der Waals surface area contributed by atoms with E-state index in [0.29, 0.717) is 62.7 Å². The molecular weight excluding hydrogens is 691 g/mol. The second-order valence-corrected chi connectivity index (χ2v) is 16.1. The van der Waals surface area contributed by atoms with E-state index >= 15 is 0 Å². The van der Waals surface area contributed by atoms with E-state index in [2.05, 4.69) is 16.9 Å². The number of aliphatic imine (C=N–C) groups is 1. The maximum absolute atomic E-state index is 13.6. The van der Waals surface area contributed by atoms with Gasteiger partial charge in [-0.05, 0) is 115 Å². The van der Waals surface area contributed by atoms with Crippen molar-refractivity contribution >= 4 is 36.2 Å². The number of likely N-dealkylation sites (tertiary alicyclic amines) is 2. The summed E-state index contributed by atoms with van der Waals surface area (Å²) in [6, 6.07) is 6.57. The van der Waals surface area contributed by atoms with Gasteiger partial charge >= 0.3 is 12.1 Å². The Morgan fingerprint density at radius 3 is 2.39 bits per heavy atom. The van der Waals surface area contributed by atoms with Crippen molar-refractivity contribution in [2.75, 3.05) is 39.5 Å². The molecule has 3 amide bonds. The molecule has 1 N–H and O–H groups in total. The number of hydrogen-bond acceptors (Lipinski definition) is 8. The van der Waals surface area contributed by atoms with Gasteiger partial charge in [-0.25, -0.2) is 9.18 Å². The number of benzene rings is 1. The van der Waals surface area contributed by atoms with Gasteiger partial charge < -0.3 is 29.3 Å². The van der Waals surface area contributed by atoms with Gasteiger partial charge in [0.15, 0.2) is 0 Å². The van der Waals surface area contributed by atoms with Gasteiger partial charge in [-0.15, -0.1) is 0 Å². The number of allylic oxidation sites excluding steroid dienone is 2. The lowest BCUT2D eigenvalue weighted by Gasteiger charge is -2.35. The lowest BCUT2D eigenvalue weighted by Crippen LogP contribution is -2.48. The fourth-order valence-corrected chi connectivity index (χ4v) is 6.22. The molecule has 1 aromatic rings. The smallest absolute Gasteiger partial charge is 0.410 e. The van der Waals surface area contributed by atoms with Gasteiger partial charge in [0.1, 0.15) is 30.2 Å². The lowest BCUT2D eigenvalue weighted by atomic mass is 9.91. The maximum atomic E-state index is 13.6. The first-order chi connectivity index (χ1) is 25.4. The number of nitrogens with one attached hydrogen (secondary N) is 1. The fraction of sp³-hybridized carbons (Fsp3) is 0.595. The van der Waals surface area contributed by atoms with E-state index in [0.717, 1.165) is 30.4 Å². The molecule has 0 aromatic heterocycles. The first kappa shape index (κ1) is 43.9. The third kappa shape index (κ3) is 16.3. The Bertz CT molecular complexity index is 1530. The number of carbonyl (C=O) groups is 4. The van der Waals surface area contributed by atoms with E-state index in [1.807, 2.05) is 58.0 Å². The highest BCUT2D eigenvalue weighted by atomic mass is 19.1. The number of piperidine rings is 2. The van der Waals surface area contributed by atoms with E-state index in [-0.39, 0.29) is 30.9 Å². The number of hydrogen-bond donors (Lipinski definition) is 1. The van der Waals surface area contributed by atoms with Crippen molar-refractivity contribution in [1.29, 1.82) is 0 Å². The Labute approximate surface area is 321 Å². The molecule has 2 heterocycles. The second kappa shape index (κ2) is 20.8. The highest BCUT2D eigenvalue weighted by Gasteiger charge is 2.32. The molecule has 2 atom stereocenters. The standard InChI is InChI=1S/C42H61FN4O7/c1-30(14-15-33-11-9-13-35(25-33)52-24-20-43)27-44-28-31(2)36(26-38(49)53-41(3,4)5)45-39(50)34-12-10-21-47(29-34)37(48)17-16-32-18-22-46(23-19-32)40(51)54-42(6,7)8/h9,11,13-15,25,27-28,32,34,36H,2,10,12,16-24,26,29H2,1,3-8H3,(H,45,50)/b15-14+,30-27+,44-28?/t34-,36+/m1/s1.